The maximum absolute atomic E-state index is 11.6. The van der Waals surface area contributed by atoms with Gasteiger partial charge in [0, 0.05) is 13.6 Å². The van der Waals surface area contributed by atoms with E-state index in [1.54, 1.807) is 18.0 Å². The smallest absolute Gasteiger partial charge is 0.242 e. The fourth-order valence-corrected chi connectivity index (χ4v) is 1.43. The Hall–Kier alpha value is -0.830. The minimum absolute atomic E-state index is 0.0497. The van der Waals surface area contributed by atoms with E-state index in [0.717, 1.165) is 19.3 Å². The summed E-state index contributed by atoms with van der Waals surface area (Å²) in [6, 6.07) is 0. The predicted molar refractivity (Wildman–Crippen MR) is 48.6 cm³/mol. The van der Waals surface area contributed by atoms with Crippen molar-refractivity contribution in [2.75, 3.05) is 13.6 Å². The summed E-state index contributed by atoms with van der Waals surface area (Å²) >= 11 is 0. The zero-order chi connectivity index (χ0) is 9.19. The number of hydrogen-bond acceptors (Lipinski definition) is 2. The van der Waals surface area contributed by atoms with Crippen LogP contribution >= 0.6 is 0 Å². The molecule has 1 aliphatic carbocycles. The number of nitrogens with zero attached hydrogens (tertiary/aromatic N) is 1. The Bertz CT molecular complexity index is 197. The van der Waals surface area contributed by atoms with Gasteiger partial charge < -0.3 is 10.6 Å². The molecular formula is C9H16N2O. The Morgan fingerprint density at radius 3 is 2.67 bits per heavy atom. The van der Waals surface area contributed by atoms with Crippen molar-refractivity contribution in [2.45, 2.75) is 24.8 Å². The molecule has 0 atom stereocenters. The molecule has 3 nitrogen and oxygen atoms in total. The average molecular weight is 168 g/mol. The van der Waals surface area contributed by atoms with Crippen LogP contribution in [0.3, 0.4) is 0 Å². The Balaban J connectivity index is 2.51. The van der Waals surface area contributed by atoms with Crippen molar-refractivity contribution in [1.29, 1.82) is 0 Å². The number of carbonyl (C=O) groups excluding carboxylic acids is 1. The molecule has 0 aliphatic heterocycles. The molecule has 1 aliphatic rings. The van der Waals surface area contributed by atoms with E-state index in [1.807, 2.05) is 0 Å². The summed E-state index contributed by atoms with van der Waals surface area (Å²) in [5.41, 5.74) is 5.29. The summed E-state index contributed by atoms with van der Waals surface area (Å²) in [5, 5.41) is 0. The van der Waals surface area contributed by atoms with Crippen LogP contribution in [-0.2, 0) is 4.79 Å². The number of amides is 1. The largest absolute Gasteiger partial charge is 0.340 e. The van der Waals surface area contributed by atoms with Crippen LogP contribution in [0.2, 0.25) is 0 Å². The molecule has 2 N–H and O–H groups in total. The van der Waals surface area contributed by atoms with Gasteiger partial charge in [0.1, 0.15) is 0 Å². The van der Waals surface area contributed by atoms with Crippen molar-refractivity contribution in [3.05, 3.63) is 12.7 Å². The molecule has 0 saturated heterocycles. The topological polar surface area (TPSA) is 46.3 Å². The maximum Gasteiger partial charge on any atom is 0.242 e. The highest BCUT2D eigenvalue weighted by atomic mass is 16.2. The standard InChI is InChI=1S/C9H16N2O/c1-3-7-11(2)8(12)9(10)5-4-6-9/h3H,1,4-7,10H2,2H3. The van der Waals surface area contributed by atoms with E-state index in [9.17, 15) is 4.79 Å². The molecule has 1 rings (SSSR count). The van der Waals surface area contributed by atoms with Gasteiger partial charge in [0.2, 0.25) is 5.91 Å². The Kier molecular flexibility index (Phi) is 2.52. The van der Waals surface area contributed by atoms with Gasteiger partial charge in [-0.05, 0) is 19.3 Å². The van der Waals surface area contributed by atoms with Gasteiger partial charge in [-0.15, -0.1) is 6.58 Å². The first-order valence-electron chi connectivity index (χ1n) is 4.25. The fraction of sp³-hybridized carbons (Fsp3) is 0.667. The van der Waals surface area contributed by atoms with Gasteiger partial charge >= 0.3 is 0 Å². The second kappa shape index (κ2) is 3.27. The molecule has 3 heteroatoms. The van der Waals surface area contributed by atoms with E-state index < -0.39 is 5.54 Å². The first-order valence-corrected chi connectivity index (χ1v) is 4.25. The monoisotopic (exact) mass is 168 g/mol. The first-order chi connectivity index (χ1) is 5.60. The van der Waals surface area contributed by atoms with Gasteiger partial charge in [0.05, 0.1) is 5.54 Å². The van der Waals surface area contributed by atoms with E-state index in [0.29, 0.717) is 6.54 Å². The number of carbonyl (C=O) groups is 1. The van der Waals surface area contributed by atoms with Crippen molar-refractivity contribution in [3.63, 3.8) is 0 Å². The quantitative estimate of drug-likeness (QED) is 0.624. The highest BCUT2D eigenvalue weighted by Crippen LogP contribution is 2.30. The summed E-state index contributed by atoms with van der Waals surface area (Å²) in [6.45, 7) is 4.16. The molecule has 1 fully saturated rings. The second-order valence-electron chi connectivity index (χ2n) is 3.48. The van der Waals surface area contributed by atoms with Gasteiger partial charge in [-0.2, -0.15) is 0 Å². The molecular weight excluding hydrogens is 152 g/mol. The van der Waals surface area contributed by atoms with Crippen LogP contribution in [0.25, 0.3) is 0 Å². The van der Waals surface area contributed by atoms with E-state index >= 15 is 0 Å². The van der Waals surface area contributed by atoms with E-state index in [1.165, 1.54) is 0 Å². The zero-order valence-electron chi connectivity index (χ0n) is 7.55. The number of nitrogens with two attached hydrogens (primary N) is 1. The molecule has 0 aromatic heterocycles. The van der Waals surface area contributed by atoms with Crippen molar-refractivity contribution in [2.24, 2.45) is 5.73 Å². The molecule has 0 unspecified atom stereocenters. The number of hydrogen-bond donors (Lipinski definition) is 1. The highest BCUT2D eigenvalue weighted by molar-refractivity contribution is 5.87. The molecule has 0 radical (unpaired) electrons. The fourth-order valence-electron chi connectivity index (χ4n) is 1.43. The van der Waals surface area contributed by atoms with Gasteiger partial charge in [-0.25, -0.2) is 0 Å². The molecule has 1 saturated carbocycles. The third-order valence-electron chi connectivity index (χ3n) is 2.42. The number of rotatable bonds is 3. The summed E-state index contributed by atoms with van der Waals surface area (Å²) < 4.78 is 0. The summed E-state index contributed by atoms with van der Waals surface area (Å²) in [6.07, 6.45) is 4.44. The third-order valence-corrected chi connectivity index (χ3v) is 2.42. The third kappa shape index (κ3) is 1.50. The lowest BCUT2D eigenvalue weighted by atomic mass is 9.77. The van der Waals surface area contributed by atoms with Crippen LogP contribution in [0.1, 0.15) is 19.3 Å². The molecule has 12 heavy (non-hydrogen) atoms. The minimum Gasteiger partial charge on any atom is -0.340 e. The molecule has 0 heterocycles. The highest BCUT2D eigenvalue weighted by Gasteiger charge is 2.41. The lowest BCUT2D eigenvalue weighted by Gasteiger charge is -2.38. The lowest BCUT2D eigenvalue weighted by molar-refractivity contribution is -0.138. The Morgan fingerprint density at radius 2 is 2.33 bits per heavy atom. The van der Waals surface area contributed by atoms with Crippen LogP contribution in [0.5, 0.6) is 0 Å². The van der Waals surface area contributed by atoms with E-state index in [4.69, 9.17) is 5.73 Å². The minimum atomic E-state index is -0.558. The van der Waals surface area contributed by atoms with Gasteiger partial charge in [0.25, 0.3) is 0 Å². The van der Waals surface area contributed by atoms with Gasteiger partial charge in [-0.3, -0.25) is 4.79 Å². The molecule has 0 aromatic rings. The number of likely N-dealkylation sites (N-methyl/N-ethyl adjacent to an activating group) is 1. The second-order valence-corrected chi connectivity index (χ2v) is 3.48. The van der Waals surface area contributed by atoms with Crippen LogP contribution in [-0.4, -0.2) is 29.9 Å². The van der Waals surface area contributed by atoms with Crippen LogP contribution in [0.15, 0.2) is 12.7 Å². The summed E-state index contributed by atoms with van der Waals surface area (Å²) in [4.78, 5) is 13.2. The van der Waals surface area contributed by atoms with Crippen LogP contribution in [0.4, 0.5) is 0 Å². The molecule has 68 valence electrons. The predicted octanol–water partition coefficient (Wildman–Crippen LogP) is 0.512. The summed E-state index contributed by atoms with van der Waals surface area (Å²) in [7, 11) is 1.76. The molecule has 0 aromatic carbocycles. The van der Waals surface area contributed by atoms with E-state index in [2.05, 4.69) is 6.58 Å². The Labute approximate surface area is 73.2 Å². The lowest BCUT2D eigenvalue weighted by Crippen LogP contribution is -2.58. The molecule has 0 spiro atoms. The average Bonchev–Trinajstić information content (AvgIpc) is 1.99. The SMILES string of the molecule is C=CCN(C)C(=O)C1(N)CCC1. The molecule has 1 amide bonds. The first kappa shape index (κ1) is 9.26. The van der Waals surface area contributed by atoms with E-state index in [-0.39, 0.29) is 5.91 Å². The van der Waals surface area contributed by atoms with Gasteiger partial charge in [0.15, 0.2) is 0 Å². The van der Waals surface area contributed by atoms with Crippen molar-refractivity contribution in [1.82, 2.24) is 4.90 Å². The maximum atomic E-state index is 11.6. The van der Waals surface area contributed by atoms with Crippen molar-refractivity contribution in [3.8, 4) is 0 Å². The van der Waals surface area contributed by atoms with Crippen LogP contribution < -0.4 is 5.73 Å². The normalized spacial score (nSPS) is 19.5. The van der Waals surface area contributed by atoms with Crippen LogP contribution in [0, 0.1) is 0 Å². The van der Waals surface area contributed by atoms with Crippen molar-refractivity contribution >= 4 is 5.91 Å². The zero-order valence-corrected chi connectivity index (χ0v) is 7.55. The summed E-state index contributed by atoms with van der Waals surface area (Å²) in [5.74, 6) is 0.0497. The van der Waals surface area contributed by atoms with Gasteiger partial charge in [-0.1, -0.05) is 6.08 Å². The van der Waals surface area contributed by atoms with Crippen molar-refractivity contribution < 1.29 is 4.79 Å². The Morgan fingerprint density at radius 1 is 1.75 bits per heavy atom. The molecule has 0 bridgehead atoms.